The number of carboxylic acid groups (broad SMARTS) is 1. The molecule has 0 heterocycles. The Morgan fingerprint density at radius 1 is 1.05 bits per heavy atom. The third-order valence-electron chi connectivity index (χ3n) is 2.59. The van der Waals surface area contributed by atoms with Crippen LogP contribution in [0.25, 0.3) is 0 Å². The van der Waals surface area contributed by atoms with E-state index >= 15 is 0 Å². The highest BCUT2D eigenvalue weighted by molar-refractivity contribution is 6.05. The van der Waals surface area contributed by atoms with Crippen LogP contribution in [0.4, 0.5) is 5.69 Å². The van der Waals surface area contributed by atoms with Crippen molar-refractivity contribution in [1.82, 2.24) is 0 Å². The van der Waals surface area contributed by atoms with Gasteiger partial charge in [-0.15, -0.1) is 0 Å². The summed E-state index contributed by atoms with van der Waals surface area (Å²) in [7, 11) is 0. The van der Waals surface area contributed by atoms with Gasteiger partial charge in [-0.2, -0.15) is 0 Å². The summed E-state index contributed by atoms with van der Waals surface area (Å²) in [4.78, 5) is 22.5. The van der Waals surface area contributed by atoms with Gasteiger partial charge in [0.05, 0.1) is 11.3 Å². The van der Waals surface area contributed by atoms with Crippen molar-refractivity contribution >= 4 is 17.6 Å². The van der Waals surface area contributed by atoms with E-state index in [0.717, 1.165) is 0 Å². The molecule has 0 aliphatic carbocycles. The number of amides is 1. The van der Waals surface area contributed by atoms with Crippen LogP contribution in [0.3, 0.4) is 0 Å². The fourth-order valence-corrected chi connectivity index (χ4v) is 1.57. The van der Waals surface area contributed by atoms with Gasteiger partial charge >= 0.3 is 11.9 Å². The van der Waals surface area contributed by atoms with Gasteiger partial charge in [-0.05, 0) is 30.3 Å². The molecular formula is C16H11NO4. The van der Waals surface area contributed by atoms with Crippen LogP contribution in [-0.2, 0) is 4.79 Å². The fourth-order valence-electron chi connectivity index (χ4n) is 1.57. The second-order valence-electron chi connectivity index (χ2n) is 4.11. The van der Waals surface area contributed by atoms with E-state index in [1.54, 1.807) is 24.3 Å². The van der Waals surface area contributed by atoms with Crippen LogP contribution in [0.5, 0.6) is 5.75 Å². The molecule has 0 atom stereocenters. The molecule has 2 aromatic rings. The van der Waals surface area contributed by atoms with E-state index in [-0.39, 0.29) is 17.0 Å². The van der Waals surface area contributed by atoms with Gasteiger partial charge in [0.2, 0.25) is 0 Å². The third-order valence-corrected chi connectivity index (χ3v) is 2.59. The van der Waals surface area contributed by atoms with E-state index in [0.29, 0.717) is 5.56 Å². The molecule has 0 spiro atoms. The molecule has 2 aromatic carbocycles. The second kappa shape index (κ2) is 6.26. The molecule has 1 amide bonds. The van der Waals surface area contributed by atoms with Gasteiger partial charge in [-0.25, -0.2) is 4.79 Å². The molecule has 5 heteroatoms. The Hall–Kier alpha value is -3.26. The van der Waals surface area contributed by atoms with Crippen molar-refractivity contribution in [3.05, 3.63) is 59.7 Å². The Labute approximate surface area is 120 Å². The summed E-state index contributed by atoms with van der Waals surface area (Å²) in [5.41, 5.74) is 0.637. The maximum Gasteiger partial charge on any atom is 0.335 e. The van der Waals surface area contributed by atoms with Crippen molar-refractivity contribution in [2.75, 3.05) is 5.32 Å². The summed E-state index contributed by atoms with van der Waals surface area (Å²) >= 11 is 0. The lowest BCUT2D eigenvalue weighted by molar-refractivity contribution is -0.111. The number of anilines is 1. The van der Waals surface area contributed by atoms with Crippen LogP contribution in [0.15, 0.2) is 48.5 Å². The first-order chi connectivity index (χ1) is 10.1. The highest BCUT2D eigenvalue weighted by Crippen LogP contribution is 2.24. The summed E-state index contributed by atoms with van der Waals surface area (Å²) in [5, 5.41) is 20.8. The Morgan fingerprint density at radius 2 is 1.76 bits per heavy atom. The minimum Gasteiger partial charge on any atom is -0.506 e. The van der Waals surface area contributed by atoms with Crippen molar-refractivity contribution in [2.45, 2.75) is 0 Å². The van der Waals surface area contributed by atoms with Crippen LogP contribution in [0.2, 0.25) is 0 Å². The maximum absolute atomic E-state index is 11.7. The topological polar surface area (TPSA) is 86.6 Å². The number of hydrogen-bond acceptors (Lipinski definition) is 3. The van der Waals surface area contributed by atoms with Crippen molar-refractivity contribution in [2.24, 2.45) is 0 Å². The molecule has 0 fully saturated rings. The lowest BCUT2D eigenvalue weighted by Gasteiger charge is -2.05. The largest absolute Gasteiger partial charge is 0.506 e. The van der Waals surface area contributed by atoms with E-state index in [9.17, 15) is 14.7 Å². The van der Waals surface area contributed by atoms with E-state index in [4.69, 9.17) is 5.11 Å². The number of aromatic carboxylic acids is 1. The van der Waals surface area contributed by atoms with Gasteiger partial charge in [0, 0.05) is 11.5 Å². The monoisotopic (exact) mass is 281 g/mol. The molecule has 0 aliphatic heterocycles. The number of carboxylic acids is 1. The van der Waals surface area contributed by atoms with E-state index in [1.807, 2.05) is 6.07 Å². The number of phenolic OH excluding ortho intramolecular Hbond substituents is 1. The Kier molecular flexibility index (Phi) is 4.22. The quantitative estimate of drug-likeness (QED) is 0.581. The zero-order valence-corrected chi connectivity index (χ0v) is 10.8. The highest BCUT2D eigenvalue weighted by Gasteiger charge is 2.09. The molecule has 21 heavy (non-hydrogen) atoms. The van der Waals surface area contributed by atoms with Crippen molar-refractivity contribution < 1.29 is 19.8 Å². The first-order valence-electron chi connectivity index (χ1n) is 6.00. The molecule has 0 radical (unpaired) electrons. The number of carbonyl (C=O) groups excluding carboxylic acids is 1. The Morgan fingerprint density at radius 3 is 2.43 bits per heavy atom. The molecular weight excluding hydrogens is 270 g/mol. The number of carbonyl (C=O) groups is 2. The average Bonchev–Trinajstić information content (AvgIpc) is 2.48. The van der Waals surface area contributed by atoms with Gasteiger partial charge in [0.25, 0.3) is 0 Å². The normalized spacial score (nSPS) is 9.33. The van der Waals surface area contributed by atoms with Crippen molar-refractivity contribution in [3.8, 4) is 17.6 Å². The first-order valence-corrected chi connectivity index (χ1v) is 6.00. The molecule has 3 N–H and O–H groups in total. The molecule has 0 saturated heterocycles. The Balaban J connectivity index is 2.15. The van der Waals surface area contributed by atoms with Crippen LogP contribution in [0.1, 0.15) is 15.9 Å². The maximum atomic E-state index is 11.7. The number of phenols is 1. The third kappa shape index (κ3) is 3.85. The number of rotatable bonds is 2. The molecule has 104 valence electrons. The number of aromatic hydroxyl groups is 1. The molecule has 0 bridgehead atoms. The lowest BCUT2D eigenvalue weighted by atomic mass is 10.2. The standard InChI is InChI=1S/C16H11NO4/c18-14-8-7-12(16(20)21)10-13(14)17-15(19)9-6-11-4-2-1-3-5-11/h1-5,7-8,10,18H,(H,17,19)(H,20,21). The van der Waals surface area contributed by atoms with Gasteiger partial charge in [-0.1, -0.05) is 24.1 Å². The SMILES string of the molecule is O=C(C#Cc1ccccc1)Nc1cc(C(=O)O)ccc1O. The molecule has 0 saturated carbocycles. The molecule has 5 nitrogen and oxygen atoms in total. The van der Waals surface area contributed by atoms with Crippen molar-refractivity contribution in [1.29, 1.82) is 0 Å². The summed E-state index contributed by atoms with van der Waals surface area (Å²) in [5.74, 6) is 3.01. The lowest BCUT2D eigenvalue weighted by Crippen LogP contribution is -2.09. The number of nitrogens with one attached hydrogen (secondary N) is 1. The summed E-state index contributed by atoms with van der Waals surface area (Å²) in [6.45, 7) is 0. The average molecular weight is 281 g/mol. The van der Waals surface area contributed by atoms with E-state index in [2.05, 4.69) is 17.2 Å². The highest BCUT2D eigenvalue weighted by atomic mass is 16.4. The predicted octanol–water partition coefficient (Wildman–Crippen LogP) is 2.08. The second-order valence-corrected chi connectivity index (χ2v) is 4.11. The molecule has 0 aliphatic rings. The van der Waals surface area contributed by atoms with E-state index < -0.39 is 11.9 Å². The smallest absolute Gasteiger partial charge is 0.335 e. The fraction of sp³-hybridized carbons (Fsp3) is 0. The van der Waals surface area contributed by atoms with Gasteiger partial charge < -0.3 is 15.5 Å². The molecule has 2 rings (SSSR count). The Bertz CT molecular complexity index is 742. The zero-order valence-electron chi connectivity index (χ0n) is 10.8. The summed E-state index contributed by atoms with van der Waals surface area (Å²) in [6, 6.07) is 12.5. The molecule has 0 aromatic heterocycles. The van der Waals surface area contributed by atoms with Crippen molar-refractivity contribution in [3.63, 3.8) is 0 Å². The van der Waals surface area contributed by atoms with Crippen LogP contribution < -0.4 is 5.32 Å². The first kappa shape index (κ1) is 14.2. The summed E-state index contributed by atoms with van der Waals surface area (Å²) in [6.07, 6.45) is 0. The predicted molar refractivity (Wildman–Crippen MR) is 77.0 cm³/mol. The summed E-state index contributed by atoms with van der Waals surface area (Å²) < 4.78 is 0. The zero-order chi connectivity index (χ0) is 15.2. The van der Waals surface area contributed by atoms with Gasteiger partial charge in [-0.3, -0.25) is 4.79 Å². The number of benzene rings is 2. The number of hydrogen-bond donors (Lipinski definition) is 3. The van der Waals surface area contributed by atoms with Gasteiger partial charge in [0.15, 0.2) is 0 Å². The molecule has 0 unspecified atom stereocenters. The van der Waals surface area contributed by atoms with E-state index in [1.165, 1.54) is 18.2 Å². The van der Waals surface area contributed by atoms with Crippen LogP contribution in [-0.4, -0.2) is 22.1 Å². The minimum absolute atomic E-state index is 0.00209. The van der Waals surface area contributed by atoms with Crippen LogP contribution in [0, 0.1) is 11.8 Å². The minimum atomic E-state index is -1.15. The van der Waals surface area contributed by atoms with Gasteiger partial charge in [0.1, 0.15) is 5.75 Å². The van der Waals surface area contributed by atoms with Crippen LogP contribution >= 0.6 is 0 Å².